The van der Waals surface area contributed by atoms with Crippen LogP contribution in [0.4, 0.5) is 0 Å². The van der Waals surface area contributed by atoms with Crippen molar-refractivity contribution in [1.29, 1.82) is 0 Å². The minimum atomic E-state index is -0.0866. The van der Waals surface area contributed by atoms with Gasteiger partial charge in [0.2, 0.25) is 5.91 Å². The Morgan fingerprint density at radius 2 is 2.17 bits per heavy atom. The van der Waals surface area contributed by atoms with Gasteiger partial charge in [-0.2, -0.15) is 0 Å². The summed E-state index contributed by atoms with van der Waals surface area (Å²) >= 11 is 0. The van der Waals surface area contributed by atoms with E-state index in [9.17, 15) is 9.59 Å². The molecule has 3 rings (SSSR count). The monoisotopic (exact) mass is 324 g/mol. The van der Waals surface area contributed by atoms with Crippen molar-refractivity contribution in [3.63, 3.8) is 0 Å². The van der Waals surface area contributed by atoms with Gasteiger partial charge >= 0.3 is 0 Å². The third kappa shape index (κ3) is 3.59. The second-order valence-electron chi connectivity index (χ2n) is 5.86. The number of pyridine rings is 2. The Kier molecular flexibility index (Phi) is 4.84. The van der Waals surface area contributed by atoms with E-state index < -0.39 is 0 Å². The molecule has 0 bridgehead atoms. The van der Waals surface area contributed by atoms with Crippen molar-refractivity contribution < 1.29 is 9.59 Å². The van der Waals surface area contributed by atoms with Crippen LogP contribution in [-0.4, -0.2) is 33.2 Å². The maximum Gasteiger partial charge on any atom is 0.255 e. The number of nitrogens with zero attached hydrogens (tertiary/aromatic N) is 3. The van der Waals surface area contributed by atoms with Gasteiger partial charge in [-0.1, -0.05) is 6.07 Å². The highest BCUT2D eigenvalue weighted by atomic mass is 16.2. The number of hydrogen-bond donors (Lipinski definition) is 1. The van der Waals surface area contributed by atoms with Crippen molar-refractivity contribution in [3.8, 4) is 0 Å². The molecule has 1 saturated heterocycles. The maximum absolute atomic E-state index is 12.7. The van der Waals surface area contributed by atoms with Crippen LogP contribution in [0.25, 0.3) is 0 Å². The Morgan fingerprint density at radius 1 is 1.29 bits per heavy atom. The van der Waals surface area contributed by atoms with Crippen LogP contribution in [0, 0.1) is 0 Å². The van der Waals surface area contributed by atoms with Crippen molar-refractivity contribution in [1.82, 2.24) is 20.2 Å². The Balaban J connectivity index is 1.79. The molecule has 0 spiro atoms. The fourth-order valence-electron chi connectivity index (χ4n) is 2.97. The number of carbonyl (C=O) groups is 2. The van der Waals surface area contributed by atoms with Crippen molar-refractivity contribution >= 4 is 11.8 Å². The SMILES string of the molecule is CC(=O)NCc1cccc([C@@H]2CCCN2C(=O)c2cccnc2)n1. The Hall–Kier alpha value is -2.76. The molecule has 0 aromatic carbocycles. The van der Waals surface area contributed by atoms with Gasteiger partial charge in [0.1, 0.15) is 0 Å². The molecular formula is C18H20N4O2. The number of likely N-dealkylation sites (tertiary alicyclic amines) is 1. The molecule has 0 saturated carbocycles. The average Bonchev–Trinajstić information content (AvgIpc) is 3.10. The highest BCUT2D eigenvalue weighted by molar-refractivity contribution is 5.94. The zero-order valence-electron chi connectivity index (χ0n) is 13.6. The predicted octanol–water partition coefficient (Wildman–Crippen LogP) is 2.09. The zero-order valence-corrected chi connectivity index (χ0v) is 13.6. The molecular weight excluding hydrogens is 304 g/mol. The van der Waals surface area contributed by atoms with Crippen LogP contribution in [0.15, 0.2) is 42.7 Å². The lowest BCUT2D eigenvalue weighted by molar-refractivity contribution is -0.119. The first-order valence-electron chi connectivity index (χ1n) is 8.06. The van der Waals surface area contributed by atoms with Gasteiger partial charge in [0.25, 0.3) is 5.91 Å². The molecule has 6 heteroatoms. The number of hydrogen-bond acceptors (Lipinski definition) is 4. The van der Waals surface area contributed by atoms with Crippen LogP contribution in [0.1, 0.15) is 47.6 Å². The van der Waals surface area contributed by atoms with Gasteiger partial charge in [-0.15, -0.1) is 0 Å². The first-order valence-corrected chi connectivity index (χ1v) is 8.06. The van der Waals surface area contributed by atoms with Crippen molar-refractivity contribution in [3.05, 3.63) is 59.7 Å². The molecule has 3 heterocycles. The summed E-state index contributed by atoms with van der Waals surface area (Å²) in [4.78, 5) is 34.3. The predicted molar refractivity (Wildman–Crippen MR) is 89.0 cm³/mol. The summed E-state index contributed by atoms with van der Waals surface area (Å²) in [6, 6.07) is 9.26. The van der Waals surface area contributed by atoms with Gasteiger partial charge in [0.05, 0.1) is 29.5 Å². The molecule has 1 aliphatic rings. The third-order valence-electron chi connectivity index (χ3n) is 4.11. The molecule has 24 heavy (non-hydrogen) atoms. The number of nitrogens with one attached hydrogen (secondary N) is 1. The molecule has 124 valence electrons. The van der Waals surface area contributed by atoms with Crippen LogP contribution in [0.2, 0.25) is 0 Å². The molecule has 2 aromatic heterocycles. The Morgan fingerprint density at radius 3 is 2.92 bits per heavy atom. The smallest absolute Gasteiger partial charge is 0.255 e. The van der Waals surface area contributed by atoms with Gasteiger partial charge in [0.15, 0.2) is 0 Å². The van der Waals surface area contributed by atoms with Crippen molar-refractivity contribution in [2.24, 2.45) is 0 Å². The average molecular weight is 324 g/mol. The van der Waals surface area contributed by atoms with Crippen molar-refractivity contribution in [2.75, 3.05) is 6.54 Å². The molecule has 2 aromatic rings. The number of rotatable bonds is 4. The molecule has 0 aliphatic carbocycles. The number of amides is 2. The van der Waals surface area contributed by atoms with E-state index in [2.05, 4.69) is 15.3 Å². The van der Waals surface area contributed by atoms with Crippen LogP contribution in [-0.2, 0) is 11.3 Å². The minimum absolute atomic E-state index is 0.0142. The highest BCUT2D eigenvalue weighted by Crippen LogP contribution is 2.32. The third-order valence-corrected chi connectivity index (χ3v) is 4.11. The standard InChI is InChI=1S/C18H20N4O2/c1-13(23)20-12-15-6-2-7-16(21-15)17-8-4-10-22(17)18(24)14-5-3-9-19-11-14/h2-3,5-7,9,11,17H,4,8,10,12H2,1H3,(H,20,23)/t17-/m0/s1. The summed E-state index contributed by atoms with van der Waals surface area (Å²) in [6.45, 7) is 2.59. The molecule has 2 amide bonds. The quantitative estimate of drug-likeness (QED) is 0.934. The summed E-state index contributed by atoms with van der Waals surface area (Å²) in [5.74, 6) is -0.101. The second kappa shape index (κ2) is 7.21. The normalized spacial score (nSPS) is 16.9. The summed E-state index contributed by atoms with van der Waals surface area (Å²) < 4.78 is 0. The van der Waals surface area contributed by atoms with E-state index >= 15 is 0 Å². The summed E-state index contributed by atoms with van der Waals surface area (Å²) in [5, 5.41) is 2.75. The number of carbonyl (C=O) groups excluding carboxylic acids is 2. The van der Waals surface area contributed by atoms with E-state index in [1.54, 1.807) is 24.5 Å². The van der Waals surface area contributed by atoms with E-state index in [-0.39, 0.29) is 17.9 Å². The van der Waals surface area contributed by atoms with E-state index in [0.29, 0.717) is 12.1 Å². The molecule has 0 unspecified atom stereocenters. The van der Waals surface area contributed by atoms with Gasteiger partial charge in [-0.05, 0) is 37.1 Å². The Labute approximate surface area is 140 Å². The molecule has 6 nitrogen and oxygen atoms in total. The molecule has 1 atom stereocenters. The van der Waals surface area contributed by atoms with Gasteiger partial charge < -0.3 is 10.2 Å². The van der Waals surface area contributed by atoms with E-state index in [1.807, 2.05) is 23.1 Å². The van der Waals surface area contributed by atoms with Crippen LogP contribution >= 0.6 is 0 Å². The molecule has 1 N–H and O–H groups in total. The molecule has 0 radical (unpaired) electrons. The van der Waals surface area contributed by atoms with Crippen LogP contribution < -0.4 is 5.32 Å². The lowest BCUT2D eigenvalue weighted by Gasteiger charge is -2.24. The topological polar surface area (TPSA) is 75.2 Å². The zero-order chi connectivity index (χ0) is 16.9. The minimum Gasteiger partial charge on any atom is -0.351 e. The second-order valence-corrected chi connectivity index (χ2v) is 5.86. The van der Waals surface area contributed by atoms with E-state index in [4.69, 9.17) is 0 Å². The molecule has 1 fully saturated rings. The lowest BCUT2D eigenvalue weighted by atomic mass is 10.1. The van der Waals surface area contributed by atoms with E-state index in [0.717, 1.165) is 30.8 Å². The van der Waals surface area contributed by atoms with E-state index in [1.165, 1.54) is 6.92 Å². The fourth-order valence-corrected chi connectivity index (χ4v) is 2.97. The molecule has 1 aliphatic heterocycles. The summed E-state index contributed by atoms with van der Waals surface area (Å²) in [6.07, 6.45) is 5.10. The van der Waals surface area contributed by atoms with Crippen molar-refractivity contribution in [2.45, 2.75) is 32.4 Å². The largest absolute Gasteiger partial charge is 0.351 e. The lowest BCUT2D eigenvalue weighted by Crippen LogP contribution is -2.31. The summed E-state index contributed by atoms with van der Waals surface area (Å²) in [7, 11) is 0. The summed E-state index contributed by atoms with van der Waals surface area (Å²) in [5.41, 5.74) is 2.26. The van der Waals surface area contributed by atoms with Gasteiger partial charge in [0, 0.05) is 25.9 Å². The highest BCUT2D eigenvalue weighted by Gasteiger charge is 2.31. The van der Waals surface area contributed by atoms with Gasteiger partial charge in [-0.25, -0.2) is 0 Å². The first kappa shape index (κ1) is 16.1. The maximum atomic E-state index is 12.7. The van der Waals surface area contributed by atoms with Gasteiger partial charge in [-0.3, -0.25) is 19.6 Å². The fraction of sp³-hybridized carbons (Fsp3) is 0.333. The van der Waals surface area contributed by atoms with Crippen LogP contribution in [0.3, 0.4) is 0 Å². The number of aromatic nitrogens is 2. The first-order chi connectivity index (χ1) is 11.6. The van der Waals surface area contributed by atoms with Crippen LogP contribution in [0.5, 0.6) is 0 Å². The Bertz CT molecular complexity index is 733.